The van der Waals surface area contributed by atoms with Gasteiger partial charge in [0.2, 0.25) is 5.91 Å². The molecule has 1 aromatic heterocycles. The molecular weight excluding hydrogens is 388 g/mol. The van der Waals surface area contributed by atoms with Gasteiger partial charge in [-0.3, -0.25) is 14.5 Å². The molecule has 1 aliphatic heterocycles. The van der Waals surface area contributed by atoms with E-state index in [9.17, 15) is 9.59 Å². The molecule has 2 heterocycles. The minimum Gasteiger partial charge on any atom is -0.467 e. The van der Waals surface area contributed by atoms with Crippen molar-refractivity contribution in [2.75, 3.05) is 10.2 Å². The topological polar surface area (TPSA) is 62.6 Å². The number of ketones is 1. The van der Waals surface area contributed by atoms with Crippen molar-refractivity contribution in [3.8, 4) is 0 Å². The van der Waals surface area contributed by atoms with Gasteiger partial charge in [0.1, 0.15) is 11.8 Å². The first-order valence-electron chi connectivity index (χ1n) is 10.5. The Hall–Kier alpha value is -3.60. The number of hydrogen-bond donors (Lipinski definition) is 1. The van der Waals surface area contributed by atoms with Crippen LogP contribution < -0.4 is 10.2 Å². The lowest BCUT2D eigenvalue weighted by Crippen LogP contribution is -2.37. The van der Waals surface area contributed by atoms with Crippen LogP contribution in [0.15, 0.2) is 82.6 Å². The summed E-state index contributed by atoms with van der Waals surface area (Å²) in [5.74, 6) is 0.577. The fraction of sp³-hybridized carbons (Fsp3) is 0.231. The van der Waals surface area contributed by atoms with Gasteiger partial charge in [0.15, 0.2) is 5.78 Å². The largest absolute Gasteiger partial charge is 0.467 e. The second-order valence-corrected chi connectivity index (χ2v) is 8.28. The van der Waals surface area contributed by atoms with Crippen molar-refractivity contribution in [2.45, 2.75) is 38.6 Å². The first-order chi connectivity index (χ1) is 15.0. The number of nitrogens with zero attached hydrogens (tertiary/aromatic N) is 1. The van der Waals surface area contributed by atoms with Gasteiger partial charge in [-0.15, -0.1) is 0 Å². The Labute approximate surface area is 181 Å². The van der Waals surface area contributed by atoms with E-state index in [2.05, 4.69) is 36.5 Å². The lowest BCUT2D eigenvalue weighted by Gasteiger charge is -2.33. The number of fused-ring (bicyclic) bond motifs is 1. The van der Waals surface area contributed by atoms with Crippen LogP contribution >= 0.6 is 0 Å². The molecule has 1 aliphatic carbocycles. The summed E-state index contributed by atoms with van der Waals surface area (Å²) >= 11 is 0. The molecule has 5 heteroatoms. The Bertz CT molecular complexity index is 1180. The average Bonchev–Trinajstić information content (AvgIpc) is 3.23. The number of carbonyl (C=O) groups excluding carboxylic acids is 2. The van der Waals surface area contributed by atoms with Crippen LogP contribution in [0.5, 0.6) is 0 Å². The molecule has 2 aliphatic rings. The summed E-state index contributed by atoms with van der Waals surface area (Å²) in [6, 6.07) is 19.1. The van der Waals surface area contributed by atoms with E-state index in [0.29, 0.717) is 24.2 Å². The van der Waals surface area contributed by atoms with Crippen molar-refractivity contribution < 1.29 is 14.0 Å². The summed E-state index contributed by atoms with van der Waals surface area (Å²) in [6.07, 6.45) is 2.69. The van der Waals surface area contributed by atoms with E-state index in [-0.39, 0.29) is 17.6 Å². The fourth-order valence-corrected chi connectivity index (χ4v) is 4.73. The SMILES string of the molecule is CC(=O)N1c2ccccc2NC2=C(C(=O)CC(c3ccc(C)cc3)C2)C1c1ccco1. The number of rotatable bonds is 2. The number of carbonyl (C=O) groups is 2. The van der Waals surface area contributed by atoms with Gasteiger partial charge in [-0.25, -0.2) is 0 Å². The molecule has 2 aromatic carbocycles. The van der Waals surface area contributed by atoms with Gasteiger partial charge >= 0.3 is 0 Å². The van der Waals surface area contributed by atoms with Crippen molar-refractivity contribution in [3.63, 3.8) is 0 Å². The van der Waals surface area contributed by atoms with E-state index in [4.69, 9.17) is 4.42 Å². The Balaban J connectivity index is 1.67. The number of amides is 1. The van der Waals surface area contributed by atoms with Crippen molar-refractivity contribution in [2.24, 2.45) is 0 Å². The molecule has 5 rings (SSSR count). The van der Waals surface area contributed by atoms with Gasteiger partial charge in [-0.1, -0.05) is 42.0 Å². The predicted molar refractivity (Wildman–Crippen MR) is 120 cm³/mol. The number of benzene rings is 2. The summed E-state index contributed by atoms with van der Waals surface area (Å²) in [7, 11) is 0. The Morgan fingerprint density at radius 3 is 2.52 bits per heavy atom. The van der Waals surface area contributed by atoms with Gasteiger partial charge in [-0.05, 0) is 49.1 Å². The summed E-state index contributed by atoms with van der Waals surface area (Å²) in [6.45, 7) is 3.59. The van der Waals surface area contributed by atoms with Crippen molar-refractivity contribution in [1.82, 2.24) is 0 Å². The van der Waals surface area contributed by atoms with Crippen LogP contribution in [-0.4, -0.2) is 11.7 Å². The zero-order valence-electron chi connectivity index (χ0n) is 17.6. The third-order valence-corrected chi connectivity index (χ3v) is 6.19. The van der Waals surface area contributed by atoms with E-state index >= 15 is 0 Å². The predicted octanol–water partition coefficient (Wildman–Crippen LogP) is 5.51. The molecule has 0 saturated carbocycles. The molecule has 156 valence electrons. The average molecular weight is 412 g/mol. The number of para-hydroxylation sites is 2. The van der Waals surface area contributed by atoms with Crippen LogP contribution in [-0.2, 0) is 9.59 Å². The van der Waals surface area contributed by atoms with Crippen molar-refractivity contribution >= 4 is 23.1 Å². The highest BCUT2D eigenvalue weighted by molar-refractivity contribution is 6.05. The zero-order valence-corrected chi connectivity index (χ0v) is 17.6. The maximum absolute atomic E-state index is 13.6. The Kier molecular flexibility index (Phi) is 4.74. The first-order valence-corrected chi connectivity index (χ1v) is 10.5. The van der Waals surface area contributed by atoms with Gasteiger partial charge in [0.05, 0.1) is 17.6 Å². The summed E-state index contributed by atoms with van der Waals surface area (Å²) in [5.41, 5.74) is 5.39. The number of allylic oxidation sites excluding steroid dienone is 1. The highest BCUT2D eigenvalue weighted by Crippen LogP contribution is 2.47. The van der Waals surface area contributed by atoms with Crippen LogP contribution in [0.3, 0.4) is 0 Å². The maximum atomic E-state index is 13.6. The molecule has 2 unspecified atom stereocenters. The second kappa shape index (κ2) is 7.58. The normalized spacial score (nSPS) is 20.6. The molecule has 5 nitrogen and oxygen atoms in total. The van der Waals surface area contributed by atoms with Crippen molar-refractivity contribution in [3.05, 3.63) is 95.1 Å². The molecule has 0 saturated heterocycles. The highest BCUT2D eigenvalue weighted by Gasteiger charge is 2.41. The van der Waals surface area contributed by atoms with Crippen LogP contribution in [0, 0.1) is 6.92 Å². The zero-order chi connectivity index (χ0) is 21.5. The number of hydrogen-bond acceptors (Lipinski definition) is 4. The minimum atomic E-state index is -0.592. The van der Waals surface area contributed by atoms with Crippen LogP contribution in [0.25, 0.3) is 0 Å². The van der Waals surface area contributed by atoms with E-state index < -0.39 is 6.04 Å². The summed E-state index contributed by atoms with van der Waals surface area (Å²) in [4.78, 5) is 28.1. The molecule has 0 fully saturated rings. The minimum absolute atomic E-state index is 0.0415. The van der Waals surface area contributed by atoms with E-state index in [0.717, 1.165) is 22.6 Å². The van der Waals surface area contributed by atoms with E-state index in [1.165, 1.54) is 12.5 Å². The molecule has 0 radical (unpaired) electrons. The van der Waals surface area contributed by atoms with Crippen LogP contribution in [0.2, 0.25) is 0 Å². The quantitative estimate of drug-likeness (QED) is 0.603. The smallest absolute Gasteiger partial charge is 0.224 e. The van der Waals surface area contributed by atoms with Gasteiger partial charge < -0.3 is 9.73 Å². The molecular formula is C26H24N2O3. The second-order valence-electron chi connectivity index (χ2n) is 8.28. The van der Waals surface area contributed by atoms with Gasteiger partial charge in [0, 0.05) is 24.6 Å². The summed E-state index contributed by atoms with van der Waals surface area (Å²) < 4.78 is 5.74. The number of furan rings is 1. The number of aryl methyl sites for hydroxylation is 1. The molecule has 0 spiro atoms. The Morgan fingerprint density at radius 1 is 1.03 bits per heavy atom. The molecule has 0 bridgehead atoms. The number of anilines is 2. The molecule has 2 atom stereocenters. The lowest BCUT2D eigenvalue weighted by molar-refractivity contribution is -0.117. The maximum Gasteiger partial charge on any atom is 0.224 e. The molecule has 1 N–H and O–H groups in total. The number of Topliss-reactive ketones (excluding diaryl/α,β-unsaturated/α-hetero) is 1. The molecule has 31 heavy (non-hydrogen) atoms. The van der Waals surface area contributed by atoms with Crippen molar-refractivity contribution in [1.29, 1.82) is 0 Å². The van der Waals surface area contributed by atoms with Gasteiger partial charge in [0.25, 0.3) is 0 Å². The Morgan fingerprint density at radius 2 is 1.81 bits per heavy atom. The lowest BCUT2D eigenvalue weighted by atomic mass is 9.79. The summed E-state index contributed by atoms with van der Waals surface area (Å²) in [5, 5.41) is 3.50. The third kappa shape index (κ3) is 3.36. The number of nitrogens with one attached hydrogen (secondary N) is 1. The monoisotopic (exact) mass is 412 g/mol. The van der Waals surface area contributed by atoms with E-state index in [1.54, 1.807) is 17.2 Å². The van der Waals surface area contributed by atoms with Gasteiger partial charge in [-0.2, -0.15) is 0 Å². The molecule has 1 amide bonds. The first kappa shape index (κ1) is 19.4. The third-order valence-electron chi connectivity index (χ3n) is 6.19. The molecule has 3 aromatic rings. The fourth-order valence-electron chi connectivity index (χ4n) is 4.73. The van der Waals surface area contributed by atoms with Crippen LogP contribution in [0.4, 0.5) is 11.4 Å². The van der Waals surface area contributed by atoms with Crippen LogP contribution in [0.1, 0.15) is 48.6 Å². The highest BCUT2D eigenvalue weighted by atomic mass is 16.3. The standard InChI is InChI=1S/C26H24N2O3/c1-16-9-11-18(12-10-16)19-14-21-25(23(30)15-19)26(24-8-5-13-31-24)28(17(2)29)22-7-4-3-6-20(22)27-21/h3-13,19,26-27H,14-15H2,1-2H3. The van der Waals surface area contributed by atoms with E-state index in [1.807, 2.05) is 30.3 Å².